The summed E-state index contributed by atoms with van der Waals surface area (Å²) >= 11 is 3.22. The van der Waals surface area contributed by atoms with Crippen molar-refractivity contribution in [3.05, 3.63) is 58.6 Å². The SMILES string of the molecule is Nc1cc(Br)ccc1S(=O)CC(F)(F)c1ccccc1. The number of benzene rings is 2. The number of rotatable bonds is 4. The molecule has 0 fully saturated rings. The molecule has 1 atom stereocenters. The van der Waals surface area contributed by atoms with Crippen LogP contribution in [0.25, 0.3) is 0 Å². The van der Waals surface area contributed by atoms with Crippen molar-refractivity contribution in [1.82, 2.24) is 0 Å². The molecule has 0 amide bonds. The average Bonchev–Trinajstić information content (AvgIpc) is 2.39. The second kappa shape index (κ2) is 6.01. The van der Waals surface area contributed by atoms with Crippen LogP contribution >= 0.6 is 15.9 Å². The Bertz CT molecular complexity index is 634. The summed E-state index contributed by atoms with van der Waals surface area (Å²) in [7, 11) is -1.87. The Morgan fingerprint density at radius 1 is 1.15 bits per heavy atom. The highest BCUT2D eigenvalue weighted by Gasteiger charge is 2.34. The maximum atomic E-state index is 14.1. The first kappa shape index (κ1) is 15.1. The fourth-order valence-corrected chi connectivity index (χ4v) is 3.31. The Kier molecular flexibility index (Phi) is 4.55. The first-order valence-electron chi connectivity index (χ1n) is 5.77. The van der Waals surface area contributed by atoms with E-state index in [4.69, 9.17) is 5.73 Å². The summed E-state index contributed by atoms with van der Waals surface area (Å²) in [6.07, 6.45) is 0. The molecule has 0 heterocycles. The van der Waals surface area contributed by atoms with Crippen molar-refractivity contribution in [2.24, 2.45) is 0 Å². The van der Waals surface area contributed by atoms with Crippen LogP contribution < -0.4 is 5.73 Å². The molecule has 0 aliphatic heterocycles. The summed E-state index contributed by atoms with van der Waals surface area (Å²) in [6, 6.07) is 12.0. The maximum absolute atomic E-state index is 14.1. The van der Waals surface area contributed by atoms with Gasteiger partial charge in [-0.1, -0.05) is 46.3 Å². The molecule has 0 saturated carbocycles. The van der Waals surface area contributed by atoms with Crippen LogP contribution in [0.15, 0.2) is 57.9 Å². The van der Waals surface area contributed by atoms with Crippen molar-refractivity contribution in [2.75, 3.05) is 11.5 Å². The Morgan fingerprint density at radius 2 is 1.80 bits per heavy atom. The van der Waals surface area contributed by atoms with Gasteiger partial charge in [-0.3, -0.25) is 4.21 Å². The predicted octanol–water partition coefficient (Wildman–Crippen LogP) is 3.93. The van der Waals surface area contributed by atoms with E-state index in [1.54, 1.807) is 18.2 Å². The van der Waals surface area contributed by atoms with Crippen molar-refractivity contribution >= 4 is 32.4 Å². The van der Waals surface area contributed by atoms with Crippen molar-refractivity contribution in [3.63, 3.8) is 0 Å². The van der Waals surface area contributed by atoms with Gasteiger partial charge in [0.05, 0.1) is 21.4 Å². The molecule has 2 aromatic rings. The van der Waals surface area contributed by atoms with Gasteiger partial charge in [0.25, 0.3) is 5.92 Å². The molecule has 2 N–H and O–H groups in total. The highest BCUT2D eigenvalue weighted by Crippen LogP contribution is 2.31. The van der Waals surface area contributed by atoms with E-state index < -0.39 is 22.5 Å². The minimum absolute atomic E-state index is 0.149. The molecule has 0 saturated heterocycles. The van der Waals surface area contributed by atoms with Gasteiger partial charge in [0.2, 0.25) is 0 Å². The minimum Gasteiger partial charge on any atom is -0.398 e. The molecule has 0 radical (unpaired) electrons. The Balaban J connectivity index is 2.23. The third-order valence-electron chi connectivity index (χ3n) is 2.73. The summed E-state index contributed by atoms with van der Waals surface area (Å²) in [5, 5.41) is 0. The van der Waals surface area contributed by atoms with Gasteiger partial charge < -0.3 is 5.73 Å². The van der Waals surface area contributed by atoms with E-state index in [1.165, 1.54) is 30.3 Å². The van der Waals surface area contributed by atoms with Crippen molar-refractivity contribution in [1.29, 1.82) is 0 Å². The van der Waals surface area contributed by atoms with E-state index in [0.717, 1.165) is 0 Å². The van der Waals surface area contributed by atoms with E-state index in [2.05, 4.69) is 15.9 Å². The lowest BCUT2D eigenvalue weighted by Crippen LogP contribution is -2.22. The van der Waals surface area contributed by atoms with Gasteiger partial charge in [-0.15, -0.1) is 0 Å². The van der Waals surface area contributed by atoms with Crippen molar-refractivity contribution < 1.29 is 13.0 Å². The zero-order chi connectivity index (χ0) is 14.8. The molecular formula is C14H12BrF2NOS. The smallest absolute Gasteiger partial charge is 0.284 e. The predicted molar refractivity (Wildman–Crippen MR) is 80.2 cm³/mol. The number of halogens is 3. The fourth-order valence-electron chi connectivity index (χ4n) is 1.73. The number of anilines is 1. The normalized spacial score (nSPS) is 13.2. The maximum Gasteiger partial charge on any atom is 0.284 e. The third-order valence-corrected chi connectivity index (χ3v) is 4.71. The monoisotopic (exact) mass is 359 g/mol. The van der Waals surface area contributed by atoms with Gasteiger partial charge in [-0.05, 0) is 18.2 Å². The highest BCUT2D eigenvalue weighted by molar-refractivity contribution is 9.10. The molecule has 2 rings (SSSR count). The van der Waals surface area contributed by atoms with E-state index in [-0.39, 0.29) is 16.1 Å². The molecule has 0 bridgehead atoms. The fraction of sp³-hybridized carbons (Fsp3) is 0.143. The van der Waals surface area contributed by atoms with Crippen LogP contribution in [0.1, 0.15) is 5.56 Å². The van der Waals surface area contributed by atoms with Gasteiger partial charge in [0.15, 0.2) is 0 Å². The van der Waals surface area contributed by atoms with E-state index in [0.29, 0.717) is 4.47 Å². The number of nitrogens with two attached hydrogens (primary N) is 1. The molecular weight excluding hydrogens is 348 g/mol. The van der Waals surface area contributed by atoms with Crippen molar-refractivity contribution in [2.45, 2.75) is 10.8 Å². The highest BCUT2D eigenvalue weighted by atomic mass is 79.9. The summed E-state index contributed by atoms with van der Waals surface area (Å²) in [6.45, 7) is 0. The molecule has 0 spiro atoms. The molecule has 106 valence electrons. The van der Waals surface area contributed by atoms with E-state index in [9.17, 15) is 13.0 Å². The summed E-state index contributed by atoms with van der Waals surface area (Å²) in [4.78, 5) is 0.226. The molecule has 0 aliphatic carbocycles. The second-order valence-corrected chi connectivity index (χ2v) is 6.58. The van der Waals surface area contributed by atoms with Gasteiger partial charge in [-0.2, -0.15) is 0 Å². The molecule has 6 heteroatoms. The van der Waals surface area contributed by atoms with Gasteiger partial charge in [0.1, 0.15) is 0 Å². The molecule has 20 heavy (non-hydrogen) atoms. The van der Waals surface area contributed by atoms with Gasteiger partial charge >= 0.3 is 0 Å². The number of hydrogen-bond acceptors (Lipinski definition) is 2. The standard InChI is InChI=1S/C14H12BrF2NOS/c15-11-6-7-13(12(18)8-11)20(19)9-14(16,17)10-4-2-1-3-5-10/h1-8H,9,18H2. The quantitative estimate of drug-likeness (QED) is 0.840. The van der Waals surface area contributed by atoms with Crippen LogP contribution in [0.3, 0.4) is 0 Å². The molecule has 2 aromatic carbocycles. The largest absolute Gasteiger partial charge is 0.398 e. The zero-order valence-electron chi connectivity index (χ0n) is 10.4. The second-order valence-electron chi connectivity index (χ2n) is 4.24. The summed E-state index contributed by atoms with van der Waals surface area (Å²) in [5.74, 6) is -3.95. The zero-order valence-corrected chi connectivity index (χ0v) is 12.8. The van der Waals surface area contributed by atoms with Crippen LogP contribution in [-0.4, -0.2) is 9.96 Å². The lowest BCUT2D eigenvalue weighted by Gasteiger charge is -2.16. The van der Waals surface area contributed by atoms with Gasteiger partial charge in [-0.25, -0.2) is 8.78 Å². The lowest BCUT2D eigenvalue weighted by molar-refractivity contribution is 0.0222. The Labute approximate surface area is 126 Å². The first-order chi connectivity index (χ1) is 9.40. The Morgan fingerprint density at radius 3 is 2.40 bits per heavy atom. The Hall–Kier alpha value is -1.27. The van der Waals surface area contributed by atoms with Crippen LogP contribution in [0, 0.1) is 0 Å². The minimum atomic E-state index is -3.16. The number of alkyl halides is 2. The molecule has 1 unspecified atom stereocenters. The summed E-state index contributed by atoms with van der Waals surface area (Å²) < 4.78 is 40.9. The van der Waals surface area contributed by atoms with Crippen LogP contribution in [0.4, 0.5) is 14.5 Å². The average molecular weight is 360 g/mol. The molecule has 0 aromatic heterocycles. The third kappa shape index (κ3) is 3.43. The first-order valence-corrected chi connectivity index (χ1v) is 7.88. The number of hydrogen-bond donors (Lipinski definition) is 1. The van der Waals surface area contributed by atoms with Crippen molar-refractivity contribution in [3.8, 4) is 0 Å². The lowest BCUT2D eigenvalue weighted by atomic mass is 10.1. The summed E-state index contributed by atoms with van der Waals surface area (Å²) in [5.41, 5.74) is 5.80. The topological polar surface area (TPSA) is 43.1 Å². The van der Waals surface area contributed by atoms with Gasteiger partial charge in [0, 0.05) is 15.7 Å². The molecule has 0 aliphatic rings. The molecule has 2 nitrogen and oxygen atoms in total. The van der Waals surface area contributed by atoms with Crippen LogP contribution in [0.2, 0.25) is 0 Å². The van der Waals surface area contributed by atoms with E-state index in [1.807, 2.05) is 0 Å². The number of nitrogen functional groups attached to an aromatic ring is 1. The van der Waals surface area contributed by atoms with Crippen LogP contribution in [0.5, 0.6) is 0 Å². The van der Waals surface area contributed by atoms with Crippen LogP contribution in [-0.2, 0) is 16.7 Å². The van der Waals surface area contributed by atoms with E-state index >= 15 is 0 Å².